The molecule has 0 atom stereocenters. The lowest BCUT2D eigenvalue weighted by atomic mass is 9.98. The van der Waals surface area contributed by atoms with Crippen molar-refractivity contribution in [2.75, 3.05) is 46.6 Å². The van der Waals surface area contributed by atoms with Gasteiger partial charge >= 0.3 is 0 Å². The van der Waals surface area contributed by atoms with E-state index in [1.807, 2.05) is 38.1 Å². The summed E-state index contributed by atoms with van der Waals surface area (Å²) < 4.78 is 22.6. The molecule has 4 rings (SSSR count). The number of rotatable bonds is 8. The van der Waals surface area contributed by atoms with Crippen molar-refractivity contribution < 1.29 is 28.8 Å². The van der Waals surface area contributed by atoms with Crippen molar-refractivity contribution in [3.8, 4) is 23.0 Å². The summed E-state index contributed by atoms with van der Waals surface area (Å²) in [5, 5.41) is 10.6. The molecule has 0 bridgehead atoms. The van der Waals surface area contributed by atoms with E-state index in [1.54, 1.807) is 31.4 Å². The van der Waals surface area contributed by atoms with Crippen LogP contribution in [0.3, 0.4) is 0 Å². The molecule has 2 aromatic carbocycles. The van der Waals surface area contributed by atoms with Gasteiger partial charge in [-0.25, -0.2) is 0 Å². The van der Waals surface area contributed by atoms with E-state index in [4.69, 9.17) is 18.9 Å². The molecular weight excluding hydrogens is 434 g/mol. The summed E-state index contributed by atoms with van der Waals surface area (Å²) in [5.41, 5.74) is 1.06. The maximum absolute atomic E-state index is 12.8. The summed E-state index contributed by atoms with van der Waals surface area (Å²) in [4.78, 5) is 15.1. The zero-order valence-electron chi connectivity index (χ0n) is 19.9. The Morgan fingerprint density at radius 1 is 1.18 bits per heavy atom. The van der Waals surface area contributed by atoms with Crippen molar-refractivity contribution in [3.05, 3.63) is 59.2 Å². The number of hydrogen-bond acceptors (Lipinski definition) is 7. The third kappa shape index (κ3) is 5.61. The van der Waals surface area contributed by atoms with E-state index < -0.39 is 5.60 Å². The number of aromatic hydroxyl groups is 1. The zero-order valence-corrected chi connectivity index (χ0v) is 19.9. The molecule has 1 fully saturated rings. The number of benzene rings is 2. The van der Waals surface area contributed by atoms with Gasteiger partial charge in [0.05, 0.1) is 31.5 Å². The van der Waals surface area contributed by atoms with Crippen molar-refractivity contribution in [2.45, 2.75) is 19.4 Å². The molecule has 2 aromatic rings. The summed E-state index contributed by atoms with van der Waals surface area (Å²) in [6.45, 7) is 8.59. The number of phenols is 1. The highest BCUT2D eigenvalue weighted by Crippen LogP contribution is 2.38. The Morgan fingerprint density at radius 2 is 1.97 bits per heavy atom. The van der Waals surface area contributed by atoms with Crippen molar-refractivity contribution in [3.63, 3.8) is 0 Å². The average Bonchev–Trinajstić information content (AvgIpc) is 2.83. The van der Waals surface area contributed by atoms with Gasteiger partial charge < -0.3 is 24.1 Å². The van der Waals surface area contributed by atoms with Crippen LogP contribution in [-0.4, -0.2) is 68.0 Å². The molecule has 2 heterocycles. The van der Waals surface area contributed by atoms with Gasteiger partial charge in [-0.05, 0) is 61.9 Å². The highest BCUT2D eigenvalue weighted by atomic mass is 16.5. The van der Waals surface area contributed by atoms with Crippen molar-refractivity contribution >= 4 is 17.9 Å². The lowest BCUT2D eigenvalue weighted by Gasteiger charge is -2.28. The van der Waals surface area contributed by atoms with Gasteiger partial charge in [0.25, 0.3) is 0 Å². The fourth-order valence-electron chi connectivity index (χ4n) is 3.92. The van der Waals surface area contributed by atoms with Crippen molar-refractivity contribution in [2.24, 2.45) is 0 Å². The van der Waals surface area contributed by atoms with Crippen molar-refractivity contribution in [1.82, 2.24) is 4.90 Å². The highest BCUT2D eigenvalue weighted by Gasteiger charge is 2.25. The van der Waals surface area contributed by atoms with Gasteiger partial charge in [-0.15, -0.1) is 0 Å². The SMILES string of the molecule is COc1cc(/C=C/C(=O)c2ccc3c(c2O)C=CC(C)(C)O3)ccc1OCCN1CCOCC1. The standard InChI is InChI=1S/C27H31NO6/c1-27(2)11-10-21-23(34-27)9-6-20(26(21)30)22(29)7-4-19-5-8-24(25(18-19)31-3)33-17-14-28-12-15-32-16-13-28/h4-11,18,30H,12-17H2,1-3H3/b7-4+. The minimum atomic E-state index is -0.456. The molecule has 7 nitrogen and oxygen atoms in total. The minimum absolute atomic E-state index is 0.0829. The Kier molecular flexibility index (Phi) is 7.24. The van der Waals surface area contributed by atoms with Crippen LogP contribution in [0.25, 0.3) is 12.2 Å². The molecule has 0 unspecified atom stereocenters. The second kappa shape index (κ2) is 10.3. The molecule has 2 aliphatic rings. The second-order valence-electron chi connectivity index (χ2n) is 8.82. The largest absolute Gasteiger partial charge is 0.506 e. The molecule has 2 aliphatic heterocycles. The van der Waals surface area contributed by atoms with Gasteiger partial charge in [-0.3, -0.25) is 9.69 Å². The number of allylic oxidation sites excluding steroid dienone is 1. The van der Waals surface area contributed by atoms with E-state index in [9.17, 15) is 9.90 Å². The molecule has 0 radical (unpaired) electrons. The van der Waals surface area contributed by atoms with Crippen LogP contribution >= 0.6 is 0 Å². The molecule has 1 saturated heterocycles. The summed E-state index contributed by atoms with van der Waals surface area (Å²) in [5.74, 6) is 1.42. The lowest BCUT2D eigenvalue weighted by molar-refractivity contribution is 0.0321. The van der Waals surface area contributed by atoms with Gasteiger partial charge in [0.2, 0.25) is 0 Å². The monoisotopic (exact) mass is 465 g/mol. The molecule has 0 spiro atoms. The van der Waals surface area contributed by atoms with Crippen LogP contribution in [0, 0.1) is 0 Å². The molecule has 0 aromatic heterocycles. The number of carbonyl (C=O) groups is 1. The first-order valence-electron chi connectivity index (χ1n) is 11.4. The quantitative estimate of drug-likeness (QED) is 0.463. The average molecular weight is 466 g/mol. The molecular formula is C27H31NO6. The molecule has 0 aliphatic carbocycles. The predicted molar refractivity (Wildman–Crippen MR) is 131 cm³/mol. The number of ether oxygens (including phenoxy) is 4. The van der Waals surface area contributed by atoms with Gasteiger partial charge in [0, 0.05) is 19.6 Å². The molecule has 1 N–H and O–H groups in total. The van der Waals surface area contributed by atoms with E-state index in [0.29, 0.717) is 29.4 Å². The van der Waals surface area contributed by atoms with Crippen LogP contribution in [0.2, 0.25) is 0 Å². The summed E-state index contributed by atoms with van der Waals surface area (Å²) in [6.07, 6.45) is 6.77. The number of ketones is 1. The van der Waals surface area contributed by atoms with E-state index in [-0.39, 0.29) is 17.1 Å². The Bertz CT molecular complexity index is 1100. The number of methoxy groups -OCH3 is 1. The molecule has 0 amide bonds. The first-order valence-corrected chi connectivity index (χ1v) is 11.4. The van der Waals surface area contributed by atoms with E-state index in [1.165, 1.54) is 6.08 Å². The van der Waals surface area contributed by atoms with Gasteiger partial charge in [-0.1, -0.05) is 12.1 Å². The third-order valence-corrected chi connectivity index (χ3v) is 5.85. The maximum Gasteiger partial charge on any atom is 0.189 e. The first kappa shape index (κ1) is 23.9. The number of fused-ring (bicyclic) bond motifs is 1. The summed E-state index contributed by atoms with van der Waals surface area (Å²) in [7, 11) is 1.59. The maximum atomic E-state index is 12.8. The molecule has 180 valence electrons. The Hall–Kier alpha value is -3.29. The fourth-order valence-corrected chi connectivity index (χ4v) is 3.92. The summed E-state index contributed by atoms with van der Waals surface area (Å²) in [6, 6.07) is 8.82. The van der Waals surface area contributed by atoms with Crippen LogP contribution in [0.15, 0.2) is 42.5 Å². The van der Waals surface area contributed by atoms with E-state index >= 15 is 0 Å². The van der Waals surface area contributed by atoms with Gasteiger partial charge in [0.1, 0.15) is 23.7 Å². The fraction of sp³-hybridized carbons (Fsp3) is 0.370. The predicted octanol–water partition coefficient (Wildman–Crippen LogP) is 4.19. The normalized spacial score (nSPS) is 17.3. The minimum Gasteiger partial charge on any atom is -0.506 e. The number of hydrogen-bond donors (Lipinski definition) is 1. The molecule has 0 saturated carbocycles. The topological polar surface area (TPSA) is 77.5 Å². The van der Waals surface area contributed by atoms with E-state index in [2.05, 4.69) is 4.90 Å². The van der Waals surface area contributed by atoms with Crippen LogP contribution in [0.1, 0.15) is 35.3 Å². The van der Waals surface area contributed by atoms with Crippen LogP contribution in [-0.2, 0) is 4.74 Å². The number of nitrogens with zero attached hydrogens (tertiary/aromatic N) is 1. The second-order valence-corrected chi connectivity index (χ2v) is 8.82. The number of phenolic OH excluding ortho intramolecular Hbond substituents is 1. The summed E-state index contributed by atoms with van der Waals surface area (Å²) >= 11 is 0. The van der Waals surface area contributed by atoms with Gasteiger partial charge in [-0.2, -0.15) is 0 Å². The highest BCUT2D eigenvalue weighted by molar-refractivity contribution is 6.09. The zero-order chi connectivity index (χ0) is 24.1. The molecule has 34 heavy (non-hydrogen) atoms. The first-order chi connectivity index (χ1) is 16.4. The smallest absolute Gasteiger partial charge is 0.189 e. The number of carbonyl (C=O) groups excluding carboxylic acids is 1. The Morgan fingerprint density at radius 3 is 2.74 bits per heavy atom. The van der Waals surface area contributed by atoms with Crippen LogP contribution in [0.4, 0.5) is 0 Å². The van der Waals surface area contributed by atoms with Crippen LogP contribution in [0.5, 0.6) is 23.0 Å². The third-order valence-electron chi connectivity index (χ3n) is 5.85. The van der Waals surface area contributed by atoms with Crippen LogP contribution < -0.4 is 14.2 Å². The molecule has 7 heteroatoms. The lowest BCUT2D eigenvalue weighted by Crippen LogP contribution is -2.38. The number of morpholine rings is 1. The Balaban J connectivity index is 1.41. The van der Waals surface area contributed by atoms with E-state index in [0.717, 1.165) is 38.4 Å². The van der Waals surface area contributed by atoms with Gasteiger partial charge in [0.15, 0.2) is 17.3 Å². The van der Waals surface area contributed by atoms with Crippen molar-refractivity contribution in [1.29, 1.82) is 0 Å². The Labute approximate surface area is 200 Å².